The molecule has 6 nitrogen and oxygen atoms in total. The molecule has 0 bridgehead atoms. The van der Waals surface area contributed by atoms with Crippen molar-refractivity contribution in [2.45, 2.75) is 45.7 Å². The van der Waals surface area contributed by atoms with Crippen LogP contribution in [0.1, 0.15) is 40.0 Å². The van der Waals surface area contributed by atoms with Crippen molar-refractivity contribution in [3.63, 3.8) is 0 Å². The minimum absolute atomic E-state index is 0.0533. The van der Waals surface area contributed by atoms with Gasteiger partial charge in [-0.15, -0.1) is 0 Å². The highest BCUT2D eigenvalue weighted by Crippen LogP contribution is 2.42. The number of rotatable bonds is 9. The van der Waals surface area contributed by atoms with Gasteiger partial charge in [0.05, 0.1) is 6.61 Å². The maximum absolute atomic E-state index is 11.5. The molecule has 0 fully saturated rings. The van der Waals surface area contributed by atoms with E-state index in [1.165, 1.54) is 6.92 Å². The SMILES string of the molecule is C/C=C/CC/C(C)=C/CONC(=O)C(CC)P(=O)(O)O. The van der Waals surface area contributed by atoms with E-state index in [0.29, 0.717) is 0 Å². The first-order valence-corrected chi connectivity index (χ1v) is 8.24. The van der Waals surface area contributed by atoms with Gasteiger partial charge in [-0.05, 0) is 33.1 Å². The second kappa shape index (κ2) is 9.88. The van der Waals surface area contributed by atoms with Gasteiger partial charge >= 0.3 is 7.60 Å². The second-order valence-electron chi connectivity index (χ2n) is 4.45. The van der Waals surface area contributed by atoms with Crippen molar-refractivity contribution in [2.24, 2.45) is 0 Å². The molecule has 0 heterocycles. The van der Waals surface area contributed by atoms with E-state index < -0.39 is 19.2 Å². The topological polar surface area (TPSA) is 95.9 Å². The number of hydrogen-bond donors (Lipinski definition) is 3. The van der Waals surface area contributed by atoms with Crippen LogP contribution < -0.4 is 5.48 Å². The number of amides is 1. The molecule has 1 atom stereocenters. The third kappa shape index (κ3) is 8.27. The molecule has 0 aromatic rings. The van der Waals surface area contributed by atoms with Crippen LogP contribution in [-0.4, -0.2) is 28.0 Å². The van der Waals surface area contributed by atoms with Gasteiger partial charge in [0.15, 0.2) is 0 Å². The molecule has 3 N–H and O–H groups in total. The Bertz CT molecular complexity index is 400. The number of carbonyl (C=O) groups is 1. The number of hydroxylamine groups is 1. The van der Waals surface area contributed by atoms with Gasteiger partial charge in [-0.1, -0.05) is 30.7 Å². The van der Waals surface area contributed by atoms with Crippen LogP contribution in [0.15, 0.2) is 23.8 Å². The predicted molar refractivity (Wildman–Crippen MR) is 78.0 cm³/mol. The molecule has 0 radical (unpaired) electrons. The standard InChI is InChI=1S/C13H24NO5P/c1-4-6-7-8-11(3)9-10-19-14-13(15)12(5-2)20(16,17)18/h4,6,9,12H,5,7-8,10H2,1-3H3,(H,14,15)(H2,16,17,18)/b6-4+,11-9+. The Morgan fingerprint density at radius 2 is 2.10 bits per heavy atom. The summed E-state index contributed by atoms with van der Waals surface area (Å²) in [6.45, 7) is 5.63. The smallest absolute Gasteiger partial charge is 0.324 e. The van der Waals surface area contributed by atoms with Crippen LogP contribution in [-0.2, 0) is 14.2 Å². The summed E-state index contributed by atoms with van der Waals surface area (Å²) < 4.78 is 11.1. The van der Waals surface area contributed by atoms with Crippen LogP contribution in [0.2, 0.25) is 0 Å². The molecule has 116 valence electrons. The van der Waals surface area contributed by atoms with Crippen molar-refractivity contribution in [3.8, 4) is 0 Å². The minimum Gasteiger partial charge on any atom is -0.324 e. The lowest BCUT2D eigenvalue weighted by atomic mass is 10.1. The van der Waals surface area contributed by atoms with Crippen LogP contribution >= 0.6 is 7.60 Å². The number of nitrogens with one attached hydrogen (secondary N) is 1. The summed E-state index contributed by atoms with van der Waals surface area (Å²) in [4.78, 5) is 34.4. The van der Waals surface area contributed by atoms with Crippen LogP contribution in [0.4, 0.5) is 0 Å². The maximum atomic E-state index is 11.5. The highest BCUT2D eigenvalue weighted by molar-refractivity contribution is 7.53. The Hall–Kier alpha value is -0.940. The molecule has 7 heteroatoms. The van der Waals surface area contributed by atoms with Crippen LogP contribution in [0.25, 0.3) is 0 Å². The van der Waals surface area contributed by atoms with E-state index in [-0.39, 0.29) is 13.0 Å². The van der Waals surface area contributed by atoms with Crippen molar-refractivity contribution in [2.75, 3.05) is 6.61 Å². The summed E-state index contributed by atoms with van der Waals surface area (Å²) in [6.07, 6.45) is 7.77. The molecule has 0 aliphatic rings. The Balaban J connectivity index is 4.08. The zero-order chi connectivity index (χ0) is 15.6. The van der Waals surface area contributed by atoms with E-state index >= 15 is 0 Å². The molecule has 1 unspecified atom stereocenters. The molecule has 0 aromatic carbocycles. The van der Waals surface area contributed by atoms with Gasteiger partial charge in [-0.25, -0.2) is 5.48 Å². The van der Waals surface area contributed by atoms with E-state index in [1.54, 1.807) is 0 Å². The fourth-order valence-corrected chi connectivity index (χ4v) is 2.35. The van der Waals surface area contributed by atoms with Crippen molar-refractivity contribution in [1.82, 2.24) is 5.48 Å². The molecule has 0 saturated carbocycles. The van der Waals surface area contributed by atoms with Crippen LogP contribution in [0.3, 0.4) is 0 Å². The zero-order valence-electron chi connectivity index (χ0n) is 12.2. The summed E-state index contributed by atoms with van der Waals surface area (Å²) in [5.74, 6) is -0.791. The van der Waals surface area contributed by atoms with Gasteiger partial charge in [-0.3, -0.25) is 14.2 Å². The molecule has 0 aliphatic heterocycles. The lowest BCUT2D eigenvalue weighted by Gasteiger charge is -2.15. The summed E-state index contributed by atoms with van der Waals surface area (Å²) in [6, 6.07) is 0. The number of hydrogen-bond acceptors (Lipinski definition) is 3. The zero-order valence-corrected chi connectivity index (χ0v) is 13.1. The van der Waals surface area contributed by atoms with E-state index in [0.717, 1.165) is 18.4 Å². The maximum Gasteiger partial charge on any atom is 0.338 e. The van der Waals surface area contributed by atoms with Crippen molar-refractivity contribution in [1.29, 1.82) is 0 Å². The van der Waals surface area contributed by atoms with Crippen molar-refractivity contribution < 1.29 is 24.0 Å². The van der Waals surface area contributed by atoms with Crippen molar-refractivity contribution >= 4 is 13.5 Å². The molecule has 0 aliphatic carbocycles. The molecule has 1 amide bonds. The van der Waals surface area contributed by atoms with Gasteiger partial charge in [0.1, 0.15) is 5.66 Å². The average molecular weight is 305 g/mol. The lowest BCUT2D eigenvalue weighted by molar-refractivity contribution is -0.132. The Morgan fingerprint density at radius 1 is 1.45 bits per heavy atom. The van der Waals surface area contributed by atoms with Crippen molar-refractivity contribution in [3.05, 3.63) is 23.8 Å². The van der Waals surface area contributed by atoms with Crippen LogP contribution in [0, 0.1) is 0 Å². The summed E-state index contributed by atoms with van der Waals surface area (Å²) >= 11 is 0. The Kier molecular flexibility index (Phi) is 9.42. The van der Waals surface area contributed by atoms with E-state index in [4.69, 9.17) is 14.6 Å². The van der Waals surface area contributed by atoms with Gasteiger partial charge in [0.25, 0.3) is 5.91 Å². The average Bonchev–Trinajstić information content (AvgIpc) is 2.34. The molecule has 20 heavy (non-hydrogen) atoms. The predicted octanol–water partition coefficient (Wildman–Crippen LogP) is 2.29. The molecule has 0 saturated heterocycles. The van der Waals surface area contributed by atoms with Gasteiger partial charge in [-0.2, -0.15) is 0 Å². The highest BCUT2D eigenvalue weighted by Gasteiger charge is 2.33. The third-order valence-electron chi connectivity index (χ3n) is 2.72. The van der Waals surface area contributed by atoms with E-state index in [9.17, 15) is 9.36 Å². The highest BCUT2D eigenvalue weighted by atomic mass is 31.2. The molecule has 0 aromatic heterocycles. The lowest BCUT2D eigenvalue weighted by Crippen LogP contribution is -2.34. The second-order valence-corrected chi connectivity index (χ2v) is 6.25. The molecular formula is C13H24NO5P. The van der Waals surface area contributed by atoms with E-state index in [2.05, 4.69) is 11.6 Å². The van der Waals surface area contributed by atoms with Gasteiger partial charge in [0.2, 0.25) is 0 Å². The normalized spacial score (nSPS) is 14.6. The molecule has 0 rings (SSSR count). The van der Waals surface area contributed by atoms with E-state index in [1.807, 2.05) is 26.0 Å². The summed E-state index contributed by atoms with van der Waals surface area (Å²) in [5.41, 5.74) is 1.84. The first-order valence-electron chi connectivity index (χ1n) is 6.56. The van der Waals surface area contributed by atoms with Gasteiger partial charge in [0, 0.05) is 0 Å². The largest absolute Gasteiger partial charge is 0.338 e. The molecule has 0 spiro atoms. The monoisotopic (exact) mass is 305 g/mol. The first kappa shape index (κ1) is 19.1. The third-order valence-corrected chi connectivity index (χ3v) is 4.14. The Labute approximate surface area is 120 Å². The van der Waals surface area contributed by atoms with Gasteiger partial charge < -0.3 is 9.79 Å². The minimum atomic E-state index is -4.43. The Morgan fingerprint density at radius 3 is 2.60 bits per heavy atom. The summed E-state index contributed by atoms with van der Waals surface area (Å²) in [7, 11) is -4.43. The fraction of sp³-hybridized carbons (Fsp3) is 0.615. The number of allylic oxidation sites excluding steroid dienone is 3. The molecular weight excluding hydrogens is 281 g/mol. The van der Waals surface area contributed by atoms with Crippen LogP contribution in [0.5, 0.6) is 0 Å². The first-order chi connectivity index (χ1) is 9.32. The quantitative estimate of drug-likeness (QED) is 0.263. The summed E-state index contributed by atoms with van der Waals surface area (Å²) in [5, 5.41) is 0. The fourth-order valence-electron chi connectivity index (χ4n) is 1.52. The number of carbonyl (C=O) groups excluding carboxylic acids is 1.